The van der Waals surface area contributed by atoms with Crippen LogP contribution in [0.25, 0.3) is 0 Å². The zero-order valence-corrected chi connectivity index (χ0v) is 9.35. The van der Waals surface area contributed by atoms with Gasteiger partial charge in [0.2, 0.25) is 0 Å². The molecule has 0 aliphatic carbocycles. The van der Waals surface area contributed by atoms with Crippen LogP contribution in [-0.4, -0.2) is 12.6 Å². The smallest absolute Gasteiger partial charge is 0.00642 e. The van der Waals surface area contributed by atoms with Crippen molar-refractivity contribution in [1.82, 2.24) is 5.32 Å². The Balaban J connectivity index is 3.37. The average Bonchev–Trinajstić information content (AvgIpc) is 2.02. The molecule has 0 heterocycles. The van der Waals surface area contributed by atoms with Gasteiger partial charge in [-0.25, -0.2) is 0 Å². The lowest BCUT2D eigenvalue weighted by Crippen LogP contribution is -2.33. The summed E-state index contributed by atoms with van der Waals surface area (Å²) < 4.78 is 0. The highest BCUT2D eigenvalue weighted by atomic mass is 14.9. The first-order valence-corrected chi connectivity index (χ1v) is 5.31. The zero-order chi connectivity index (χ0) is 9.56. The molecule has 0 amide bonds. The summed E-state index contributed by atoms with van der Waals surface area (Å²) in [5, 5.41) is 3.56. The number of hydrogen-bond donors (Lipinski definition) is 1. The van der Waals surface area contributed by atoms with Crippen molar-refractivity contribution in [3.63, 3.8) is 0 Å². The molecule has 0 bridgehead atoms. The maximum atomic E-state index is 3.56. The predicted molar refractivity (Wildman–Crippen MR) is 56.4 cm³/mol. The first-order chi connectivity index (χ1) is 5.57. The van der Waals surface area contributed by atoms with E-state index >= 15 is 0 Å². The van der Waals surface area contributed by atoms with E-state index in [4.69, 9.17) is 0 Å². The van der Waals surface area contributed by atoms with E-state index in [9.17, 15) is 0 Å². The maximum absolute atomic E-state index is 3.56. The summed E-state index contributed by atoms with van der Waals surface area (Å²) >= 11 is 0. The third-order valence-electron chi connectivity index (χ3n) is 2.69. The minimum Gasteiger partial charge on any atom is -0.314 e. The van der Waals surface area contributed by atoms with Crippen LogP contribution in [0, 0.1) is 11.8 Å². The second-order valence-electron chi connectivity index (χ2n) is 4.31. The Morgan fingerprint density at radius 2 is 1.67 bits per heavy atom. The van der Waals surface area contributed by atoms with Crippen molar-refractivity contribution >= 4 is 0 Å². The van der Waals surface area contributed by atoms with Gasteiger partial charge in [0.1, 0.15) is 0 Å². The standard InChI is InChI=1S/C11H25N/c1-6-10(4)11(5)12-8-7-9(2)3/h9-12H,6-8H2,1-5H3/t10-,11+/m1/s1. The second-order valence-corrected chi connectivity index (χ2v) is 4.31. The molecule has 0 aromatic rings. The van der Waals surface area contributed by atoms with Gasteiger partial charge in [-0.05, 0) is 31.7 Å². The molecule has 0 saturated heterocycles. The van der Waals surface area contributed by atoms with Crippen LogP contribution in [0.1, 0.15) is 47.5 Å². The Bertz CT molecular complexity index is 99.2. The zero-order valence-electron chi connectivity index (χ0n) is 9.35. The van der Waals surface area contributed by atoms with Gasteiger partial charge in [0.25, 0.3) is 0 Å². The van der Waals surface area contributed by atoms with E-state index in [1.807, 2.05) is 0 Å². The van der Waals surface area contributed by atoms with Crippen molar-refractivity contribution in [2.75, 3.05) is 6.54 Å². The van der Waals surface area contributed by atoms with Crippen LogP contribution in [0.5, 0.6) is 0 Å². The van der Waals surface area contributed by atoms with Crippen LogP contribution >= 0.6 is 0 Å². The van der Waals surface area contributed by atoms with Gasteiger partial charge in [0, 0.05) is 6.04 Å². The highest BCUT2D eigenvalue weighted by Crippen LogP contribution is 2.07. The minimum atomic E-state index is 0.675. The Morgan fingerprint density at radius 1 is 1.08 bits per heavy atom. The lowest BCUT2D eigenvalue weighted by molar-refractivity contribution is 0.378. The van der Waals surface area contributed by atoms with E-state index in [1.54, 1.807) is 0 Å². The molecule has 0 aliphatic heterocycles. The first kappa shape index (κ1) is 12.0. The molecule has 0 aromatic carbocycles. The topological polar surface area (TPSA) is 12.0 Å². The average molecular weight is 171 g/mol. The summed E-state index contributed by atoms with van der Waals surface area (Å²) in [6.45, 7) is 12.6. The molecule has 1 heteroatoms. The van der Waals surface area contributed by atoms with Crippen LogP contribution in [0.3, 0.4) is 0 Å². The highest BCUT2D eigenvalue weighted by molar-refractivity contribution is 4.66. The molecule has 12 heavy (non-hydrogen) atoms. The van der Waals surface area contributed by atoms with Gasteiger partial charge in [0.05, 0.1) is 0 Å². The molecule has 1 nitrogen and oxygen atoms in total. The van der Waals surface area contributed by atoms with E-state index in [1.165, 1.54) is 19.4 Å². The predicted octanol–water partition coefficient (Wildman–Crippen LogP) is 3.06. The summed E-state index contributed by atoms with van der Waals surface area (Å²) in [5.74, 6) is 1.62. The molecule has 0 aromatic heterocycles. The van der Waals surface area contributed by atoms with Crippen molar-refractivity contribution in [3.8, 4) is 0 Å². The van der Waals surface area contributed by atoms with E-state index in [2.05, 4.69) is 39.9 Å². The van der Waals surface area contributed by atoms with E-state index < -0.39 is 0 Å². The fourth-order valence-corrected chi connectivity index (χ4v) is 1.15. The molecule has 0 spiro atoms. The van der Waals surface area contributed by atoms with Gasteiger partial charge >= 0.3 is 0 Å². The van der Waals surface area contributed by atoms with Crippen LogP contribution in [0.4, 0.5) is 0 Å². The lowest BCUT2D eigenvalue weighted by atomic mass is 10.0. The van der Waals surface area contributed by atoms with Crippen molar-refractivity contribution < 1.29 is 0 Å². The first-order valence-electron chi connectivity index (χ1n) is 5.31. The third kappa shape index (κ3) is 5.59. The fraction of sp³-hybridized carbons (Fsp3) is 1.00. The molecule has 0 saturated carbocycles. The molecule has 0 fully saturated rings. The van der Waals surface area contributed by atoms with Gasteiger partial charge in [-0.15, -0.1) is 0 Å². The van der Waals surface area contributed by atoms with Crippen molar-refractivity contribution in [3.05, 3.63) is 0 Å². The van der Waals surface area contributed by atoms with E-state index in [0.29, 0.717) is 6.04 Å². The Hall–Kier alpha value is -0.0400. The van der Waals surface area contributed by atoms with Gasteiger partial charge in [-0.2, -0.15) is 0 Å². The maximum Gasteiger partial charge on any atom is 0.00642 e. The number of nitrogens with one attached hydrogen (secondary N) is 1. The van der Waals surface area contributed by atoms with Crippen molar-refractivity contribution in [2.45, 2.75) is 53.5 Å². The van der Waals surface area contributed by atoms with Gasteiger partial charge in [-0.3, -0.25) is 0 Å². The minimum absolute atomic E-state index is 0.675. The van der Waals surface area contributed by atoms with Crippen LogP contribution < -0.4 is 5.32 Å². The molecule has 1 N–H and O–H groups in total. The summed E-state index contributed by atoms with van der Waals surface area (Å²) in [7, 11) is 0. The quantitative estimate of drug-likeness (QED) is 0.647. The Morgan fingerprint density at radius 3 is 2.08 bits per heavy atom. The monoisotopic (exact) mass is 171 g/mol. The van der Waals surface area contributed by atoms with E-state index in [-0.39, 0.29) is 0 Å². The molecule has 74 valence electrons. The number of hydrogen-bond acceptors (Lipinski definition) is 1. The summed E-state index contributed by atoms with van der Waals surface area (Å²) in [6, 6.07) is 0.675. The summed E-state index contributed by atoms with van der Waals surface area (Å²) in [4.78, 5) is 0. The molecular formula is C11H25N. The molecule has 0 radical (unpaired) electrons. The largest absolute Gasteiger partial charge is 0.314 e. The third-order valence-corrected chi connectivity index (χ3v) is 2.69. The molecular weight excluding hydrogens is 146 g/mol. The fourth-order valence-electron chi connectivity index (χ4n) is 1.15. The van der Waals surface area contributed by atoms with Gasteiger partial charge in [0.15, 0.2) is 0 Å². The summed E-state index contributed by atoms with van der Waals surface area (Å²) in [6.07, 6.45) is 2.57. The van der Waals surface area contributed by atoms with E-state index in [0.717, 1.165) is 11.8 Å². The van der Waals surface area contributed by atoms with Crippen LogP contribution in [0.15, 0.2) is 0 Å². The second kappa shape index (κ2) is 6.47. The number of rotatable bonds is 6. The highest BCUT2D eigenvalue weighted by Gasteiger charge is 2.08. The van der Waals surface area contributed by atoms with Gasteiger partial charge in [-0.1, -0.05) is 34.1 Å². The normalized spacial score (nSPS) is 16.5. The SMILES string of the molecule is CC[C@@H](C)[C@H](C)NCCC(C)C. The van der Waals surface area contributed by atoms with Crippen LogP contribution in [0.2, 0.25) is 0 Å². The van der Waals surface area contributed by atoms with Crippen LogP contribution in [-0.2, 0) is 0 Å². The lowest BCUT2D eigenvalue weighted by Gasteiger charge is -2.20. The molecule has 0 aliphatic rings. The van der Waals surface area contributed by atoms with Crippen molar-refractivity contribution in [1.29, 1.82) is 0 Å². The Kier molecular flexibility index (Phi) is 6.45. The molecule has 2 atom stereocenters. The summed E-state index contributed by atoms with van der Waals surface area (Å²) in [5.41, 5.74) is 0. The van der Waals surface area contributed by atoms with Gasteiger partial charge < -0.3 is 5.32 Å². The molecule has 0 rings (SSSR count). The Labute approximate surface area is 77.9 Å². The van der Waals surface area contributed by atoms with Crippen molar-refractivity contribution in [2.24, 2.45) is 11.8 Å². The molecule has 0 unspecified atom stereocenters.